The number of halogens is 3. The zero-order valence-electron chi connectivity index (χ0n) is 11.5. The first kappa shape index (κ1) is 14.8. The Balaban J connectivity index is 2.08. The molecule has 1 N–H and O–H groups in total. The molecule has 0 aromatic carbocycles. The third-order valence-corrected chi connectivity index (χ3v) is 4.01. The number of nitrogens with zero attached hydrogens (tertiary/aromatic N) is 1. The van der Waals surface area contributed by atoms with E-state index >= 15 is 0 Å². The zero-order valence-corrected chi connectivity index (χ0v) is 11.5. The summed E-state index contributed by atoms with van der Waals surface area (Å²) in [6, 6.07) is 1.16. The number of aromatic amines is 1. The van der Waals surface area contributed by atoms with Gasteiger partial charge in [-0.25, -0.2) is 4.79 Å². The van der Waals surface area contributed by atoms with Gasteiger partial charge in [0.05, 0.1) is 0 Å². The zero-order chi connectivity index (χ0) is 15.9. The lowest BCUT2D eigenvalue weighted by Crippen LogP contribution is -2.21. The molecule has 22 heavy (non-hydrogen) atoms. The molecular formula is C14H13F3N2O3. The van der Waals surface area contributed by atoms with Gasteiger partial charge in [-0.1, -0.05) is 19.3 Å². The first-order valence-corrected chi connectivity index (χ1v) is 6.99. The first-order valence-electron chi connectivity index (χ1n) is 6.99. The van der Waals surface area contributed by atoms with Gasteiger partial charge in [0.1, 0.15) is 5.39 Å². The molecule has 0 saturated heterocycles. The highest BCUT2D eigenvalue weighted by atomic mass is 19.4. The largest absolute Gasteiger partial charge is 0.449 e. The van der Waals surface area contributed by atoms with Gasteiger partial charge < -0.3 is 9.40 Å². The molecular weight excluding hydrogens is 301 g/mol. The number of alkyl halides is 3. The summed E-state index contributed by atoms with van der Waals surface area (Å²) in [6.07, 6.45) is -0.201. The number of hydrogen-bond donors (Lipinski definition) is 1. The van der Waals surface area contributed by atoms with Crippen LogP contribution in [0.1, 0.15) is 37.1 Å². The molecule has 0 radical (unpaired) electrons. The van der Waals surface area contributed by atoms with Gasteiger partial charge in [0, 0.05) is 6.07 Å². The van der Waals surface area contributed by atoms with Crippen LogP contribution in [0.2, 0.25) is 0 Å². The SMILES string of the molecule is O=c1cc(CCC2CCC2)c2c(=O)[nH]c(C(F)(F)F)nc2o1. The monoisotopic (exact) mass is 314 g/mol. The molecule has 1 saturated carbocycles. The molecule has 5 nitrogen and oxygen atoms in total. The molecule has 1 aliphatic carbocycles. The summed E-state index contributed by atoms with van der Waals surface area (Å²) in [5.41, 5.74) is -1.92. The summed E-state index contributed by atoms with van der Waals surface area (Å²) in [7, 11) is 0. The van der Waals surface area contributed by atoms with Crippen molar-refractivity contribution >= 4 is 11.1 Å². The summed E-state index contributed by atoms with van der Waals surface area (Å²) in [4.78, 5) is 28.4. The van der Waals surface area contributed by atoms with Crippen molar-refractivity contribution in [2.45, 2.75) is 38.3 Å². The van der Waals surface area contributed by atoms with E-state index in [-0.39, 0.29) is 5.39 Å². The van der Waals surface area contributed by atoms with Crippen LogP contribution in [0.3, 0.4) is 0 Å². The highest BCUT2D eigenvalue weighted by Gasteiger charge is 2.35. The third-order valence-electron chi connectivity index (χ3n) is 4.01. The number of aryl methyl sites for hydroxylation is 1. The van der Waals surface area contributed by atoms with Crippen molar-refractivity contribution in [2.24, 2.45) is 5.92 Å². The summed E-state index contributed by atoms with van der Waals surface area (Å²) in [5, 5.41) is -0.0769. The minimum absolute atomic E-state index is 0.0769. The minimum Gasteiger partial charge on any atom is -0.403 e. The molecule has 3 rings (SSSR count). The number of rotatable bonds is 3. The Bertz CT molecular complexity index is 819. The van der Waals surface area contributed by atoms with E-state index in [9.17, 15) is 22.8 Å². The van der Waals surface area contributed by atoms with Gasteiger partial charge in [-0.05, 0) is 24.3 Å². The van der Waals surface area contributed by atoms with Crippen LogP contribution < -0.4 is 11.2 Å². The van der Waals surface area contributed by atoms with Crippen molar-refractivity contribution in [2.75, 3.05) is 0 Å². The van der Waals surface area contributed by atoms with Crippen molar-refractivity contribution in [3.63, 3.8) is 0 Å². The van der Waals surface area contributed by atoms with E-state index in [0.29, 0.717) is 17.9 Å². The van der Waals surface area contributed by atoms with E-state index in [1.165, 1.54) is 6.42 Å². The number of hydrogen-bond acceptors (Lipinski definition) is 4. The number of aromatic nitrogens is 2. The Labute approximate surface area is 122 Å². The fourth-order valence-corrected chi connectivity index (χ4v) is 2.62. The van der Waals surface area contributed by atoms with Gasteiger partial charge in [-0.2, -0.15) is 18.2 Å². The molecule has 0 amide bonds. The lowest BCUT2D eigenvalue weighted by atomic mass is 9.81. The Kier molecular flexibility index (Phi) is 3.54. The average Bonchev–Trinajstić information content (AvgIpc) is 2.34. The summed E-state index contributed by atoms with van der Waals surface area (Å²) in [6.45, 7) is 0. The lowest BCUT2D eigenvalue weighted by molar-refractivity contribution is -0.145. The fraction of sp³-hybridized carbons (Fsp3) is 0.500. The van der Waals surface area contributed by atoms with Gasteiger partial charge in [-0.15, -0.1) is 0 Å². The van der Waals surface area contributed by atoms with Crippen LogP contribution in [-0.2, 0) is 12.6 Å². The van der Waals surface area contributed by atoms with Crippen LogP contribution in [0.4, 0.5) is 13.2 Å². The third kappa shape index (κ3) is 2.77. The Morgan fingerprint density at radius 1 is 1.32 bits per heavy atom. The van der Waals surface area contributed by atoms with E-state index in [1.54, 1.807) is 4.98 Å². The Hall–Kier alpha value is -2.12. The van der Waals surface area contributed by atoms with Crippen LogP contribution in [0, 0.1) is 5.92 Å². The molecule has 2 heterocycles. The molecule has 8 heteroatoms. The normalized spacial score (nSPS) is 16.0. The summed E-state index contributed by atoms with van der Waals surface area (Å²) >= 11 is 0. The standard InChI is InChI=1S/C14H13F3N2O3/c15-14(16,17)13-18-11(21)10-8(5-4-7-2-1-3-7)6-9(20)22-12(10)19-13/h6-7H,1-5H2,(H,18,19,21). The van der Waals surface area contributed by atoms with E-state index in [0.717, 1.165) is 25.3 Å². The quantitative estimate of drug-likeness (QED) is 0.945. The maximum atomic E-state index is 12.7. The number of fused-ring (bicyclic) bond motifs is 1. The predicted octanol–water partition coefficient (Wildman–Crippen LogP) is 2.63. The van der Waals surface area contributed by atoms with Gasteiger partial charge >= 0.3 is 11.8 Å². The second-order valence-corrected chi connectivity index (χ2v) is 5.52. The molecule has 0 aliphatic heterocycles. The Morgan fingerprint density at radius 2 is 2.05 bits per heavy atom. The number of H-pyrrole nitrogens is 1. The van der Waals surface area contributed by atoms with Crippen LogP contribution in [-0.4, -0.2) is 9.97 Å². The molecule has 1 aliphatic rings. The Morgan fingerprint density at radius 3 is 2.64 bits per heavy atom. The first-order chi connectivity index (χ1) is 10.3. The smallest absolute Gasteiger partial charge is 0.403 e. The predicted molar refractivity (Wildman–Crippen MR) is 71.6 cm³/mol. The molecule has 1 fully saturated rings. The van der Waals surface area contributed by atoms with E-state index < -0.39 is 28.9 Å². The maximum absolute atomic E-state index is 12.7. The van der Waals surface area contributed by atoms with Crippen molar-refractivity contribution in [3.05, 3.63) is 38.2 Å². The van der Waals surface area contributed by atoms with Crippen molar-refractivity contribution in [1.82, 2.24) is 9.97 Å². The lowest BCUT2D eigenvalue weighted by Gasteiger charge is -2.25. The van der Waals surface area contributed by atoms with Crippen LogP contribution in [0.15, 0.2) is 20.1 Å². The van der Waals surface area contributed by atoms with Gasteiger partial charge in [-0.3, -0.25) is 4.79 Å². The molecule has 2 aromatic rings. The molecule has 0 spiro atoms. The summed E-state index contributed by atoms with van der Waals surface area (Å²) in [5.74, 6) is -0.923. The van der Waals surface area contributed by atoms with Gasteiger partial charge in [0.25, 0.3) is 5.56 Å². The molecule has 0 bridgehead atoms. The average molecular weight is 314 g/mol. The van der Waals surface area contributed by atoms with Crippen molar-refractivity contribution in [3.8, 4) is 0 Å². The highest BCUT2D eigenvalue weighted by molar-refractivity contribution is 5.75. The summed E-state index contributed by atoms with van der Waals surface area (Å²) < 4.78 is 42.6. The molecule has 0 unspecified atom stereocenters. The molecule has 118 valence electrons. The highest BCUT2D eigenvalue weighted by Crippen LogP contribution is 2.31. The minimum atomic E-state index is -4.81. The number of nitrogens with one attached hydrogen (secondary N) is 1. The maximum Gasteiger partial charge on any atom is 0.449 e. The molecule has 2 aromatic heterocycles. The van der Waals surface area contributed by atoms with E-state index in [4.69, 9.17) is 0 Å². The van der Waals surface area contributed by atoms with Crippen LogP contribution in [0.5, 0.6) is 0 Å². The van der Waals surface area contributed by atoms with Gasteiger partial charge in [0.15, 0.2) is 0 Å². The van der Waals surface area contributed by atoms with Crippen LogP contribution in [0.25, 0.3) is 11.1 Å². The van der Waals surface area contributed by atoms with Crippen LogP contribution >= 0.6 is 0 Å². The second kappa shape index (κ2) is 5.26. The fourth-order valence-electron chi connectivity index (χ4n) is 2.62. The van der Waals surface area contributed by atoms with Crippen molar-refractivity contribution < 1.29 is 17.6 Å². The van der Waals surface area contributed by atoms with Crippen molar-refractivity contribution in [1.29, 1.82) is 0 Å². The van der Waals surface area contributed by atoms with E-state index in [2.05, 4.69) is 9.40 Å². The van der Waals surface area contributed by atoms with Gasteiger partial charge in [0.2, 0.25) is 11.5 Å². The van der Waals surface area contributed by atoms with E-state index in [1.807, 2.05) is 0 Å². The second-order valence-electron chi connectivity index (χ2n) is 5.52. The topological polar surface area (TPSA) is 76.0 Å². The molecule has 0 atom stereocenters.